The summed E-state index contributed by atoms with van der Waals surface area (Å²) in [7, 11) is 0. The molecule has 1 fully saturated rings. The van der Waals surface area contributed by atoms with Gasteiger partial charge in [-0.3, -0.25) is 4.79 Å². The van der Waals surface area contributed by atoms with Crippen LogP contribution in [0.2, 0.25) is 0 Å². The molecule has 2 atom stereocenters. The van der Waals surface area contributed by atoms with Gasteiger partial charge in [0.25, 0.3) is 0 Å². The summed E-state index contributed by atoms with van der Waals surface area (Å²) in [6.07, 6.45) is 4.50. The topological polar surface area (TPSA) is 43.8 Å². The highest BCUT2D eigenvalue weighted by Crippen LogP contribution is 2.36. The SMILES string of the molecule is CC(=O)N1CCc2cc(O)c(-c3ccc(CCN4CCCC4C)cc3)cc2C(C)C1. The van der Waals surface area contributed by atoms with Gasteiger partial charge in [0.15, 0.2) is 0 Å². The van der Waals surface area contributed by atoms with Gasteiger partial charge < -0.3 is 14.9 Å². The first-order chi connectivity index (χ1) is 14.4. The number of aromatic hydroxyl groups is 1. The molecule has 0 aromatic heterocycles. The number of benzene rings is 2. The molecule has 0 spiro atoms. The van der Waals surface area contributed by atoms with Crippen LogP contribution in [0.25, 0.3) is 11.1 Å². The predicted octanol–water partition coefficient (Wildman–Crippen LogP) is 4.59. The minimum Gasteiger partial charge on any atom is -0.507 e. The molecule has 2 aliphatic heterocycles. The number of hydrogen-bond donors (Lipinski definition) is 1. The highest BCUT2D eigenvalue weighted by Gasteiger charge is 2.23. The Morgan fingerprint density at radius 1 is 1.13 bits per heavy atom. The van der Waals surface area contributed by atoms with Gasteiger partial charge in [-0.15, -0.1) is 0 Å². The van der Waals surface area contributed by atoms with E-state index in [9.17, 15) is 9.90 Å². The van der Waals surface area contributed by atoms with Gasteiger partial charge >= 0.3 is 0 Å². The minimum absolute atomic E-state index is 0.123. The van der Waals surface area contributed by atoms with Crippen molar-refractivity contribution in [3.05, 3.63) is 53.1 Å². The highest BCUT2D eigenvalue weighted by atomic mass is 16.3. The lowest BCUT2D eigenvalue weighted by Gasteiger charge is -2.21. The van der Waals surface area contributed by atoms with E-state index in [1.807, 2.05) is 11.0 Å². The summed E-state index contributed by atoms with van der Waals surface area (Å²) in [6, 6.07) is 13.4. The Bertz CT molecular complexity index is 906. The Labute approximate surface area is 180 Å². The second-order valence-electron chi connectivity index (χ2n) is 9.16. The van der Waals surface area contributed by atoms with Crippen LogP contribution in [0, 0.1) is 0 Å². The number of likely N-dealkylation sites (tertiary alicyclic amines) is 1. The zero-order valence-electron chi connectivity index (χ0n) is 18.5. The molecule has 4 rings (SSSR count). The summed E-state index contributed by atoms with van der Waals surface area (Å²) in [5.74, 6) is 0.710. The summed E-state index contributed by atoms with van der Waals surface area (Å²) in [4.78, 5) is 16.4. The van der Waals surface area contributed by atoms with Crippen molar-refractivity contribution in [3.63, 3.8) is 0 Å². The summed E-state index contributed by atoms with van der Waals surface area (Å²) in [6.45, 7) is 9.93. The van der Waals surface area contributed by atoms with Crippen molar-refractivity contribution < 1.29 is 9.90 Å². The maximum atomic E-state index is 11.9. The molecule has 1 amide bonds. The van der Waals surface area contributed by atoms with E-state index < -0.39 is 0 Å². The third kappa shape index (κ3) is 4.39. The molecule has 2 unspecified atom stereocenters. The third-order valence-electron chi connectivity index (χ3n) is 7.02. The molecule has 4 nitrogen and oxygen atoms in total. The smallest absolute Gasteiger partial charge is 0.219 e. The second kappa shape index (κ2) is 8.81. The Morgan fingerprint density at radius 3 is 2.57 bits per heavy atom. The van der Waals surface area contributed by atoms with E-state index in [-0.39, 0.29) is 11.8 Å². The number of rotatable bonds is 4. The third-order valence-corrected chi connectivity index (χ3v) is 7.02. The van der Waals surface area contributed by atoms with Crippen molar-refractivity contribution in [2.75, 3.05) is 26.2 Å². The van der Waals surface area contributed by atoms with Crippen LogP contribution in [-0.2, 0) is 17.6 Å². The largest absolute Gasteiger partial charge is 0.507 e. The molecule has 2 aromatic rings. The first-order valence-electron chi connectivity index (χ1n) is 11.4. The summed E-state index contributed by atoms with van der Waals surface area (Å²) in [5, 5.41) is 10.7. The van der Waals surface area contributed by atoms with E-state index in [0.29, 0.717) is 11.8 Å². The lowest BCUT2D eigenvalue weighted by atomic mass is 9.90. The molecule has 1 saturated heterocycles. The van der Waals surface area contributed by atoms with Gasteiger partial charge in [-0.2, -0.15) is 0 Å². The minimum atomic E-state index is 0.123. The molecule has 2 aromatic carbocycles. The number of phenolic OH excluding ortho intramolecular Hbond substituents is 1. The number of fused-ring (bicyclic) bond motifs is 1. The summed E-state index contributed by atoms with van der Waals surface area (Å²) < 4.78 is 0. The maximum Gasteiger partial charge on any atom is 0.219 e. The molecule has 0 saturated carbocycles. The van der Waals surface area contributed by atoms with E-state index in [4.69, 9.17) is 0 Å². The second-order valence-corrected chi connectivity index (χ2v) is 9.16. The van der Waals surface area contributed by atoms with Gasteiger partial charge in [0.2, 0.25) is 5.91 Å². The molecule has 2 heterocycles. The van der Waals surface area contributed by atoms with Gasteiger partial charge in [0.05, 0.1) is 0 Å². The molecule has 2 aliphatic rings. The molecule has 4 heteroatoms. The van der Waals surface area contributed by atoms with Crippen molar-refractivity contribution in [1.82, 2.24) is 9.80 Å². The first kappa shape index (κ1) is 20.9. The molecule has 160 valence electrons. The van der Waals surface area contributed by atoms with E-state index >= 15 is 0 Å². The zero-order valence-corrected chi connectivity index (χ0v) is 18.5. The van der Waals surface area contributed by atoms with Gasteiger partial charge in [0.1, 0.15) is 5.75 Å². The van der Waals surface area contributed by atoms with Crippen LogP contribution in [0.5, 0.6) is 5.75 Å². The average Bonchev–Trinajstić information content (AvgIpc) is 3.06. The zero-order chi connectivity index (χ0) is 21.3. The molecule has 1 N–H and O–H groups in total. The van der Waals surface area contributed by atoms with Crippen molar-refractivity contribution in [3.8, 4) is 16.9 Å². The lowest BCUT2D eigenvalue weighted by Crippen LogP contribution is -2.32. The van der Waals surface area contributed by atoms with Crippen molar-refractivity contribution in [2.24, 2.45) is 0 Å². The number of amides is 1. The molecule has 0 radical (unpaired) electrons. The van der Waals surface area contributed by atoms with Gasteiger partial charge in [-0.05, 0) is 79.5 Å². The van der Waals surface area contributed by atoms with Crippen LogP contribution in [0.3, 0.4) is 0 Å². The Hall–Kier alpha value is -2.33. The van der Waals surface area contributed by atoms with Crippen LogP contribution in [-0.4, -0.2) is 53.0 Å². The number of nitrogens with zero attached hydrogens (tertiary/aromatic N) is 2. The molecule has 30 heavy (non-hydrogen) atoms. The van der Waals surface area contributed by atoms with E-state index in [1.54, 1.807) is 6.92 Å². The molecular weight excluding hydrogens is 372 g/mol. The van der Waals surface area contributed by atoms with Crippen LogP contribution in [0.4, 0.5) is 0 Å². The lowest BCUT2D eigenvalue weighted by molar-refractivity contribution is -0.128. The monoisotopic (exact) mass is 406 g/mol. The fraction of sp³-hybridized carbons (Fsp3) is 0.500. The van der Waals surface area contributed by atoms with E-state index in [2.05, 4.69) is 49.1 Å². The molecule has 0 aliphatic carbocycles. The maximum absolute atomic E-state index is 11.9. The molecular formula is C26H34N2O2. The quantitative estimate of drug-likeness (QED) is 0.807. The predicted molar refractivity (Wildman–Crippen MR) is 122 cm³/mol. The van der Waals surface area contributed by atoms with E-state index in [1.165, 1.54) is 30.5 Å². The Morgan fingerprint density at radius 2 is 1.90 bits per heavy atom. The fourth-order valence-electron chi connectivity index (χ4n) is 5.06. The number of hydrogen-bond acceptors (Lipinski definition) is 3. The van der Waals surface area contributed by atoms with Crippen LogP contribution in [0.1, 0.15) is 56.2 Å². The van der Waals surface area contributed by atoms with Gasteiger partial charge in [-0.1, -0.05) is 31.2 Å². The summed E-state index contributed by atoms with van der Waals surface area (Å²) >= 11 is 0. The standard InChI is InChI=1S/C26H34N2O2/c1-18-17-28(20(3)29)14-11-23-15-26(30)25(16-24(18)23)22-8-6-21(7-9-22)10-13-27-12-4-5-19(27)2/h6-9,15-16,18-19,30H,4-5,10-14,17H2,1-3H3. The van der Waals surface area contributed by atoms with Crippen LogP contribution in [0.15, 0.2) is 36.4 Å². The molecule has 0 bridgehead atoms. The van der Waals surface area contributed by atoms with Crippen LogP contribution < -0.4 is 0 Å². The van der Waals surface area contributed by atoms with Crippen LogP contribution >= 0.6 is 0 Å². The Kier molecular flexibility index (Phi) is 6.14. The number of phenols is 1. The average molecular weight is 407 g/mol. The van der Waals surface area contributed by atoms with Crippen molar-refractivity contribution in [2.45, 2.75) is 58.4 Å². The fourth-order valence-corrected chi connectivity index (χ4v) is 5.06. The van der Waals surface area contributed by atoms with E-state index in [0.717, 1.165) is 49.2 Å². The summed E-state index contributed by atoms with van der Waals surface area (Å²) in [5.41, 5.74) is 5.69. The normalized spacial score (nSPS) is 22.0. The highest BCUT2D eigenvalue weighted by molar-refractivity contribution is 5.74. The van der Waals surface area contributed by atoms with Gasteiger partial charge in [0, 0.05) is 38.2 Å². The van der Waals surface area contributed by atoms with Crippen molar-refractivity contribution >= 4 is 5.91 Å². The first-order valence-corrected chi connectivity index (χ1v) is 11.4. The number of carbonyl (C=O) groups excluding carboxylic acids is 1. The van der Waals surface area contributed by atoms with Crippen molar-refractivity contribution in [1.29, 1.82) is 0 Å². The number of carbonyl (C=O) groups is 1. The Balaban J connectivity index is 1.52. The van der Waals surface area contributed by atoms with Gasteiger partial charge in [-0.25, -0.2) is 0 Å².